The number of hydrogen-bond acceptors (Lipinski definition) is 2. The maximum absolute atomic E-state index is 12.9. The second-order valence-electron chi connectivity index (χ2n) is 5.21. The highest BCUT2D eigenvalue weighted by atomic mass is 16.2. The van der Waals surface area contributed by atoms with E-state index >= 15 is 0 Å². The third-order valence-electron chi connectivity index (χ3n) is 4.01. The fourth-order valence-electron chi connectivity index (χ4n) is 2.98. The van der Waals surface area contributed by atoms with E-state index in [-0.39, 0.29) is 5.91 Å². The van der Waals surface area contributed by atoms with Gasteiger partial charge in [0.1, 0.15) is 0 Å². The number of hydrogen-bond donors (Lipinski definition) is 0. The summed E-state index contributed by atoms with van der Waals surface area (Å²) in [6, 6.07) is 17.6. The number of nitrogens with zero attached hydrogens (tertiary/aromatic N) is 2. The van der Waals surface area contributed by atoms with Crippen LogP contribution in [0.4, 0.5) is 5.69 Å². The second kappa shape index (κ2) is 4.70. The molecule has 0 unspecified atom stereocenters. The Kier molecular flexibility index (Phi) is 2.71. The van der Waals surface area contributed by atoms with Crippen LogP contribution in [0.15, 0.2) is 60.8 Å². The summed E-state index contributed by atoms with van der Waals surface area (Å²) < 4.78 is 0. The summed E-state index contributed by atoms with van der Waals surface area (Å²) in [7, 11) is 0. The number of para-hydroxylation sites is 1. The van der Waals surface area contributed by atoms with E-state index in [1.165, 1.54) is 5.56 Å². The summed E-state index contributed by atoms with van der Waals surface area (Å²) in [6.45, 7) is 0.745. The predicted octanol–water partition coefficient (Wildman–Crippen LogP) is 3.44. The maximum Gasteiger partial charge on any atom is 0.258 e. The van der Waals surface area contributed by atoms with E-state index < -0.39 is 0 Å². The lowest BCUT2D eigenvalue weighted by Gasteiger charge is -2.18. The van der Waals surface area contributed by atoms with Crippen LogP contribution in [-0.4, -0.2) is 17.4 Å². The minimum atomic E-state index is 0.0542. The molecule has 0 spiro atoms. The molecule has 2 aromatic carbocycles. The van der Waals surface area contributed by atoms with Gasteiger partial charge in [-0.3, -0.25) is 9.78 Å². The first-order valence-electron chi connectivity index (χ1n) is 7.08. The number of anilines is 1. The number of amides is 1. The van der Waals surface area contributed by atoms with Crippen molar-refractivity contribution in [1.29, 1.82) is 0 Å². The van der Waals surface area contributed by atoms with Crippen molar-refractivity contribution in [3.05, 3.63) is 71.9 Å². The second-order valence-corrected chi connectivity index (χ2v) is 5.21. The van der Waals surface area contributed by atoms with Gasteiger partial charge in [0.2, 0.25) is 0 Å². The lowest BCUT2D eigenvalue weighted by atomic mass is 10.1. The molecule has 0 fully saturated rings. The summed E-state index contributed by atoms with van der Waals surface area (Å²) in [5.74, 6) is 0.0542. The third-order valence-corrected chi connectivity index (χ3v) is 4.01. The topological polar surface area (TPSA) is 33.2 Å². The number of carbonyl (C=O) groups excluding carboxylic acids is 1. The van der Waals surface area contributed by atoms with Crippen LogP contribution in [0.5, 0.6) is 0 Å². The molecule has 1 aliphatic heterocycles. The van der Waals surface area contributed by atoms with Gasteiger partial charge in [0, 0.05) is 29.4 Å². The summed E-state index contributed by atoms with van der Waals surface area (Å²) in [5.41, 5.74) is 3.85. The average molecular weight is 274 g/mol. The zero-order valence-electron chi connectivity index (χ0n) is 11.5. The van der Waals surface area contributed by atoms with Crippen molar-refractivity contribution >= 4 is 22.5 Å². The molecule has 3 nitrogen and oxygen atoms in total. The molecule has 2 heterocycles. The SMILES string of the molecule is O=C(c1cccc2ncccc12)N1CCc2ccccc21. The van der Waals surface area contributed by atoms with E-state index in [4.69, 9.17) is 0 Å². The van der Waals surface area contributed by atoms with Gasteiger partial charge in [-0.05, 0) is 36.2 Å². The smallest absolute Gasteiger partial charge is 0.258 e. The number of pyridine rings is 1. The van der Waals surface area contributed by atoms with Crippen molar-refractivity contribution in [2.45, 2.75) is 6.42 Å². The highest BCUT2D eigenvalue weighted by Crippen LogP contribution is 2.30. The van der Waals surface area contributed by atoms with Gasteiger partial charge in [0.25, 0.3) is 5.91 Å². The van der Waals surface area contributed by atoms with Crippen LogP contribution in [0.2, 0.25) is 0 Å². The Morgan fingerprint density at radius 3 is 2.86 bits per heavy atom. The molecule has 0 bridgehead atoms. The van der Waals surface area contributed by atoms with Gasteiger partial charge in [0.15, 0.2) is 0 Å². The van der Waals surface area contributed by atoms with E-state index in [2.05, 4.69) is 11.1 Å². The van der Waals surface area contributed by atoms with Crippen LogP contribution in [0.1, 0.15) is 15.9 Å². The van der Waals surface area contributed by atoms with Gasteiger partial charge in [-0.25, -0.2) is 0 Å². The van der Waals surface area contributed by atoms with Crippen molar-refractivity contribution in [3.63, 3.8) is 0 Å². The monoisotopic (exact) mass is 274 g/mol. The van der Waals surface area contributed by atoms with Gasteiger partial charge in [0.05, 0.1) is 5.52 Å². The van der Waals surface area contributed by atoms with E-state index in [9.17, 15) is 4.79 Å². The summed E-state index contributed by atoms with van der Waals surface area (Å²) in [4.78, 5) is 19.1. The molecule has 0 atom stereocenters. The van der Waals surface area contributed by atoms with Gasteiger partial charge < -0.3 is 4.90 Å². The number of rotatable bonds is 1. The van der Waals surface area contributed by atoms with Gasteiger partial charge >= 0.3 is 0 Å². The van der Waals surface area contributed by atoms with Crippen LogP contribution in [-0.2, 0) is 6.42 Å². The van der Waals surface area contributed by atoms with Gasteiger partial charge in [-0.2, -0.15) is 0 Å². The molecule has 3 aromatic rings. The molecule has 21 heavy (non-hydrogen) atoms. The van der Waals surface area contributed by atoms with E-state index in [1.54, 1.807) is 6.20 Å². The Hall–Kier alpha value is -2.68. The van der Waals surface area contributed by atoms with Crippen molar-refractivity contribution in [3.8, 4) is 0 Å². The Labute approximate surface area is 122 Å². The molecule has 1 amide bonds. The molecule has 0 saturated carbocycles. The molecular formula is C18H14N2O. The summed E-state index contributed by atoms with van der Waals surface area (Å²) >= 11 is 0. The maximum atomic E-state index is 12.9. The molecule has 0 saturated heterocycles. The van der Waals surface area contributed by atoms with Crippen LogP contribution in [0.25, 0.3) is 10.9 Å². The van der Waals surface area contributed by atoms with Crippen LogP contribution in [0.3, 0.4) is 0 Å². The standard InChI is InChI=1S/C18H14N2O/c21-18(20-12-10-13-5-1-2-9-17(13)20)15-6-3-8-16-14(15)7-4-11-19-16/h1-9,11H,10,12H2. The van der Waals surface area contributed by atoms with Crippen LogP contribution in [0, 0.1) is 0 Å². The quantitative estimate of drug-likeness (QED) is 0.681. The highest BCUT2D eigenvalue weighted by Gasteiger charge is 2.26. The number of carbonyl (C=O) groups is 1. The third kappa shape index (κ3) is 1.89. The van der Waals surface area contributed by atoms with E-state index in [1.807, 2.05) is 53.4 Å². The van der Waals surface area contributed by atoms with E-state index in [0.717, 1.165) is 35.1 Å². The molecule has 0 aliphatic carbocycles. The van der Waals surface area contributed by atoms with Crippen molar-refractivity contribution in [2.75, 3.05) is 11.4 Å². The highest BCUT2D eigenvalue weighted by molar-refractivity contribution is 6.14. The Morgan fingerprint density at radius 2 is 1.90 bits per heavy atom. The molecule has 3 heteroatoms. The Bertz CT molecular complexity index is 836. The number of aromatic nitrogens is 1. The summed E-state index contributed by atoms with van der Waals surface area (Å²) in [5, 5.41) is 0.911. The van der Waals surface area contributed by atoms with Crippen molar-refractivity contribution in [1.82, 2.24) is 4.98 Å². The zero-order chi connectivity index (χ0) is 14.2. The van der Waals surface area contributed by atoms with Crippen molar-refractivity contribution in [2.24, 2.45) is 0 Å². The largest absolute Gasteiger partial charge is 0.308 e. The molecule has 0 N–H and O–H groups in total. The Balaban J connectivity index is 1.82. The van der Waals surface area contributed by atoms with Gasteiger partial charge in [-0.15, -0.1) is 0 Å². The molecule has 102 valence electrons. The number of benzene rings is 2. The lowest BCUT2D eigenvalue weighted by molar-refractivity contribution is 0.0991. The minimum absolute atomic E-state index is 0.0542. The zero-order valence-corrected chi connectivity index (χ0v) is 11.5. The fourth-order valence-corrected chi connectivity index (χ4v) is 2.98. The molecular weight excluding hydrogens is 260 g/mol. The predicted molar refractivity (Wildman–Crippen MR) is 83.6 cm³/mol. The molecule has 4 rings (SSSR count). The first-order chi connectivity index (χ1) is 10.3. The first kappa shape index (κ1) is 12.1. The van der Waals surface area contributed by atoms with Crippen molar-refractivity contribution < 1.29 is 4.79 Å². The lowest BCUT2D eigenvalue weighted by Crippen LogP contribution is -2.29. The molecule has 1 aromatic heterocycles. The van der Waals surface area contributed by atoms with E-state index in [0.29, 0.717) is 0 Å². The first-order valence-corrected chi connectivity index (χ1v) is 7.08. The molecule has 1 aliphatic rings. The fraction of sp³-hybridized carbons (Fsp3) is 0.111. The molecule has 0 radical (unpaired) electrons. The van der Waals surface area contributed by atoms with Gasteiger partial charge in [-0.1, -0.05) is 30.3 Å². The minimum Gasteiger partial charge on any atom is -0.308 e. The van der Waals surface area contributed by atoms with Crippen LogP contribution < -0.4 is 4.90 Å². The number of fused-ring (bicyclic) bond motifs is 2. The van der Waals surface area contributed by atoms with Crippen LogP contribution >= 0.6 is 0 Å². The average Bonchev–Trinajstić information content (AvgIpc) is 2.98. The normalized spacial score (nSPS) is 13.4. The summed E-state index contributed by atoms with van der Waals surface area (Å²) in [6.07, 6.45) is 2.67. The Morgan fingerprint density at radius 1 is 1.00 bits per heavy atom.